The topological polar surface area (TPSA) is 53.5 Å². The third-order valence-electron chi connectivity index (χ3n) is 3.87. The van der Waals surface area contributed by atoms with E-state index in [0.717, 1.165) is 21.3 Å². The number of hydrogen-bond donors (Lipinski definition) is 2. The van der Waals surface area contributed by atoms with Crippen molar-refractivity contribution in [3.8, 4) is 0 Å². The fourth-order valence-electron chi connectivity index (χ4n) is 2.58. The SMILES string of the molecule is CC(NC(=O)N[N+]1(C)N=Cc2ccccc21)c1ccc(Br)cc1. The lowest BCUT2D eigenvalue weighted by atomic mass is 10.1. The van der Waals surface area contributed by atoms with Crippen LogP contribution >= 0.6 is 15.9 Å². The number of halogens is 1. The Morgan fingerprint density at radius 1 is 1.17 bits per heavy atom. The van der Waals surface area contributed by atoms with Gasteiger partial charge in [-0.2, -0.15) is 5.43 Å². The second-order valence-electron chi connectivity index (χ2n) is 5.62. The molecular formula is C17H18BrN4O+. The second kappa shape index (κ2) is 6.14. The number of benzene rings is 2. The Hall–Kier alpha value is -2.18. The third kappa shape index (κ3) is 3.28. The van der Waals surface area contributed by atoms with Crippen molar-refractivity contribution in [1.29, 1.82) is 0 Å². The summed E-state index contributed by atoms with van der Waals surface area (Å²) < 4.78 is 1.02. The van der Waals surface area contributed by atoms with Gasteiger partial charge >= 0.3 is 6.03 Å². The number of hydrogen-bond acceptors (Lipinski definition) is 2. The van der Waals surface area contributed by atoms with Gasteiger partial charge in [-0.15, -0.1) is 0 Å². The van der Waals surface area contributed by atoms with E-state index in [1.54, 1.807) is 6.21 Å². The minimum atomic E-state index is -0.267. The van der Waals surface area contributed by atoms with Crippen molar-refractivity contribution in [2.24, 2.45) is 5.10 Å². The molecule has 1 aliphatic rings. The Morgan fingerprint density at radius 2 is 1.87 bits per heavy atom. The summed E-state index contributed by atoms with van der Waals surface area (Å²) in [7, 11) is 1.84. The van der Waals surface area contributed by atoms with E-state index >= 15 is 0 Å². The number of nitrogens with one attached hydrogen (secondary N) is 2. The Morgan fingerprint density at radius 3 is 2.61 bits per heavy atom. The van der Waals surface area contributed by atoms with E-state index < -0.39 is 0 Å². The summed E-state index contributed by atoms with van der Waals surface area (Å²) in [5, 5.41) is 7.35. The van der Waals surface area contributed by atoms with Crippen LogP contribution in [-0.4, -0.2) is 19.3 Å². The summed E-state index contributed by atoms with van der Waals surface area (Å²) in [5.41, 5.74) is 5.90. The minimum absolute atomic E-state index is 0.00899. The average Bonchev–Trinajstić information content (AvgIpc) is 2.85. The third-order valence-corrected chi connectivity index (χ3v) is 4.40. The Labute approximate surface area is 143 Å². The molecule has 0 aromatic heterocycles. The van der Waals surface area contributed by atoms with E-state index in [0.29, 0.717) is 0 Å². The van der Waals surface area contributed by atoms with Gasteiger partial charge in [0, 0.05) is 10.5 Å². The lowest BCUT2D eigenvalue weighted by Gasteiger charge is -2.25. The van der Waals surface area contributed by atoms with E-state index in [9.17, 15) is 4.79 Å². The van der Waals surface area contributed by atoms with E-state index in [-0.39, 0.29) is 16.8 Å². The smallest absolute Gasteiger partial charge is 0.328 e. The van der Waals surface area contributed by atoms with Crippen molar-refractivity contribution in [1.82, 2.24) is 15.4 Å². The molecule has 2 N–H and O–H groups in total. The summed E-state index contributed by atoms with van der Waals surface area (Å²) in [6.07, 6.45) is 1.77. The largest absolute Gasteiger partial charge is 0.362 e. The molecule has 2 atom stereocenters. The fourth-order valence-corrected chi connectivity index (χ4v) is 2.85. The van der Waals surface area contributed by atoms with Gasteiger partial charge in [0.25, 0.3) is 0 Å². The van der Waals surface area contributed by atoms with Crippen molar-refractivity contribution < 1.29 is 4.79 Å². The Bertz CT molecular complexity index is 759. The molecule has 0 aliphatic carbocycles. The molecule has 1 heterocycles. The van der Waals surface area contributed by atoms with Gasteiger partial charge in [0.15, 0.2) is 5.69 Å². The molecule has 6 heteroatoms. The van der Waals surface area contributed by atoms with Crippen LogP contribution in [0.25, 0.3) is 0 Å². The first-order valence-electron chi connectivity index (χ1n) is 7.34. The van der Waals surface area contributed by atoms with Gasteiger partial charge in [-0.3, -0.25) is 0 Å². The van der Waals surface area contributed by atoms with Gasteiger partial charge in [-0.25, -0.2) is 4.79 Å². The number of carbonyl (C=O) groups is 1. The number of urea groups is 1. The number of carbonyl (C=O) groups excluding carboxylic acids is 1. The van der Waals surface area contributed by atoms with Crippen LogP contribution < -0.4 is 15.4 Å². The molecule has 0 saturated heterocycles. The second-order valence-corrected chi connectivity index (χ2v) is 6.54. The van der Waals surface area contributed by atoms with Crippen LogP contribution in [-0.2, 0) is 0 Å². The van der Waals surface area contributed by atoms with Crippen LogP contribution in [0.1, 0.15) is 24.1 Å². The quantitative estimate of drug-likeness (QED) is 0.791. The predicted octanol–water partition coefficient (Wildman–Crippen LogP) is 3.71. The van der Waals surface area contributed by atoms with E-state index in [4.69, 9.17) is 0 Å². The van der Waals surface area contributed by atoms with Crippen molar-refractivity contribution in [3.63, 3.8) is 0 Å². The molecule has 2 amide bonds. The lowest BCUT2D eigenvalue weighted by Crippen LogP contribution is -2.57. The first-order chi connectivity index (χ1) is 11.0. The van der Waals surface area contributed by atoms with Gasteiger partial charge < -0.3 is 5.32 Å². The number of rotatable bonds is 3. The molecule has 1 aliphatic heterocycles. The first-order valence-corrected chi connectivity index (χ1v) is 8.13. The lowest BCUT2D eigenvalue weighted by molar-refractivity contribution is 0.201. The van der Waals surface area contributed by atoms with Crippen molar-refractivity contribution >= 4 is 33.9 Å². The van der Waals surface area contributed by atoms with Gasteiger partial charge in [-0.05, 0) is 30.7 Å². The molecule has 0 fully saturated rings. The molecule has 3 rings (SSSR count). The average molecular weight is 374 g/mol. The molecular weight excluding hydrogens is 356 g/mol. The van der Waals surface area contributed by atoms with Crippen LogP contribution in [0.2, 0.25) is 0 Å². The fraction of sp³-hybridized carbons (Fsp3) is 0.176. The molecule has 2 aromatic rings. The molecule has 0 saturated carbocycles. The highest BCUT2D eigenvalue weighted by Gasteiger charge is 2.34. The maximum atomic E-state index is 12.3. The van der Waals surface area contributed by atoms with E-state index in [1.165, 1.54) is 0 Å². The molecule has 118 valence electrons. The molecule has 0 spiro atoms. The summed E-state index contributed by atoms with van der Waals surface area (Å²) in [6.45, 7) is 1.95. The zero-order chi connectivity index (χ0) is 16.4. The standard InChI is InChI=1S/C17H17BrN4O/c1-12(13-7-9-15(18)10-8-13)20-17(23)21-22(2)16-6-4-3-5-14(16)11-19-22/h3-12H,1-2H3,(H-,20,21,23)/p+1. The summed E-state index contributed by atoms with van der Waals surface area (Å²) in [4.78, 5) is 12.3. The Kier molecular flexibility index (Phi) is 4.19. The first kappa shape index (κ1) is 15.7. The summed E-state index contributed by atoms with van der Waals surface area (Å²) in [5.74, 6) is 0. The molecule has 0 radical (unpaired) electrons. The summed E-state index contributed by atoms with van der Waals surface area (Å²) in [6, 6.07) is 15.3. The maximum absolute atomic E-state index is 12.3. The molecule has 23 heavy (non-hydrogen) atoms. The van der Waals surface area contributed by atoms with Crippen molar-refractivity contribution in [2.45, 2.75) is 13.0 Å². The number of nitrogens with zero attached hydrogens (tertiary/aromatic N) is 2. The van der Waals surface area contributed by atoms with Crippen LogP contribution in [0, 0.1) is 0 Å². The van der Waals surface area contributed by atoms with E-state index in [2.05, 4.69) is 31.8 Å². The zero-order valence-electron chi connectivity index (χ0n) is 13.0. The number of fused-ring (bicyclic) bond motifs is 1. The van der Waals surface area contributed by atoms with Crippen LogP contribution in [0.15, 0.2) is 58.1 Å². The molecule has 0 bridgehead atoms. The maximum Gasteiger partial charge on any atom is 0.362 e. The molecule has 5 nitrogen and oxygen atoms in total. The summed E-state index contributed by atoms with van der Waals surface area (Å²) >= 11 is 3.41. The van der Waals surface area contributed by atoms with E-state index in [1.807, 2.05) is 62.5 Å². The monoisotopic (exact) mass is 373 g/mol. The van der Waals surface area contributed by atoms with Crippen molar-refractivity contribution in [3.05, 3.63) is 64.1 Å². The van der Waals surface area contributed by atoms with Gasteiger partial charge in [0.1, 0.15) is 7.05 Å². The van der Waals surface area contributed by atoms with Gasteiger partial charge in [-0.1, -0.05) is 50.0 Å². The highest BCUT2D eigenvalue weighted by Crippen LogP contribution is 2.28. The molecule has 2 unspecified atom stereocenters. The zero-order valence-corrected chi connectivity index (χ0v) is 14.5. The highest BCUT2D eigenvalue weighted by atomic mass is 79.9. The number of amides is 2. The number of quaternary nitrogens is 1. The highest BCUT2D eigenvalue weighted by molar-refractivity contribution is 9.10. The van der Waals surface area contributed by atoms with Crippen LogP contribution in [0.3, 0.4) is 0 Å². The Balaban J connectivity index is 1.68. The van der Waals surface area contributed by atoms with Crippen LogP contribution in [0.4, 0.5) is 10.5 Å². The van der Waals surface area contributed by atoms with Gasteiger partial charge in [0.05, 0.1) is 17.8 Å². The van der Waals surface area contributed by atoms with Gasteiger partial charge in [0.2, 0.25) is 0 Å². The minimum Gasteiger partial charge on any atom is -0.328 e. The van der Waals surface area contributed by atoms with Crippen molar-refractivity contribution in [2.75, 3.05) is 7.05 Å². The van der Waals surface area contributed by atoms with Crippen LogP contribution in [0.5, 0.6) is 0 Å². The molecule has 2 aromatic carbocycles. The predicted molar refractivity (Wildman–Crippen MR) is 96.0 cm³/mol. The number of para-hydroxylation sites is 1. The normalized spacial score (nSPS) is 20.0.